The molecule has 0 aromatic heterocycles. The molecule has 0 spiro atoms. The Morgan fingerprint density at radius 2 is 0.277 bits per heavy atom. The van der Waals surface area contributed by atoms with Crippen LogP contribution in [0.15, 0.2) is 546 Å². The third kappa shape index (κ3) is 17.4. The predicted octanol–water partition coefficient (Wildman–Crippen LogP) is 33.3. The van der Waals surface area contributed by atoms with E-state index in [0.29, 0.717) is 0 Å². The first-order valence-corrected chi connectivity index (χ1v) is 57.9. The van der Waals surface area contributed by atoms with Gasteiger partial charge in [0.1, 0.15) is 24.2 Å². The summed E-state index contributed by atoms with van der Waals surface area (Å²) in [6, 6.07) is 197. The maximum Gasteiger partial charge on any atom is 0.114 e. The van der Waals surface area contributed by atoms with Gasteiger partial charge in [-0.25, -0.2) is 0 Å². The molecule has 9 heteroatoms. The van der Waals surface area contributed by atoms with Crippen LogP contribution in [0.1, 0.15) is 0 Å². The zero-order chi connectivity index (χ0) is 95.4. The summed E-state index contributed by atoms with van der Waals surface area (Å²) in [6.45, 7) is 15.0. The van der Waals surface area contributed by atoms with Crippen LogP contribution in [0.5, 0.6) is 0 Å². The zero-order valence-corrected chi connectivity index (χ0v) is 83.1. The van der Waals surface area contributed by atoms with Gasteiger partial charge in [0.25, 0.3) is 0 Å². The van der Waals surface area contributed by atoms with Gasteiger partial charge in [-0.1, -0.05) is 385 Å². The molecule has 3 aliphatic heterocycles. The molecule has 3 aliphatic rings. The second-order valence-corrected chi connectivity index (χ2v) is 50.9. The normalized spacial score (nSPS) is 12.6. The van der Waals surface area contributed by atoms with E-state index in [0.717, 1.165) is 68.2 Å². The standard InChI is InChI=1S/C50H40N2Si.C44H36N2Si.C38H32N2Si/c1-53(2)48-25-15-24-47(52(42-22-13-6-14-23-42)44-32-28-40(29-33-44)38-18-9-4-10-19-38)50(48)46-35-34-45(36-49(46)53)51(41-20-11-5-12-21-41)43-30-26-39(27-31-43)37-16-7-3-8-17-37;1-47(2)42-25-15-24-41(46(36-20-11-5-12-21-36)37-22-13-6-14-23-37)44(42)40-31-30-39(32-43(40)47)45(35-18-9-4-10-19-35)38-28-26-34(27-29-38)33-16-7-3-8-17-33;1-41(2)36-25-15-24-35(40(31-20-11-5-12-21-31)32-22-13-6-14-23-32)38(36)34-27-26-33(28-37(34)41)39(29-16-7-3-8-17-29)30-18-9-4-10-19-30/h3-36H,1-2H3;3-32H,1-2H3;3-28H,1-2H3. The van der Waals surface area contributed by atoms with Crippen molar-refractivity contribution in [2.24, 2.45) is 0 Å². The molecule has 0 aliphatic carbocycles. The lowest BCUT2D eigenvalue weighted by atomic mass is 10.00. The van der Waals surface area contributed by atoms with E-state index >= 15 is 0 Å². The number of fused-ring (bicyclic) bond motifs is 9. The highest BCUT2D eigenvalue weighted by Crippen LogP contribution is 2.51. The Labute approximate surface area is 832 Å². The number of nitrogens with zero attached hydrogens (tertiary/aromatic N) is 6. The second kappa shape index (κ2) is 38.9. The van der Waals surface area contributed by atoms with Crippen LogP contribution in [0, 0.1) is 0 Å². The monoisotopic (exact) mass is 1860 g/mol. The fourth-order valence-electron chi connectivity index (χ4n) is 21.4. The maximum absolute atomic E-state index is 2.51. The lowest BCUT2D eigenvalue weighted by molar-refractivity contribution is 1.28. The SMILES string of the molecule is C[Si]1(C)c2cc(N(c3ccccc3)c3ccc(-c4ccccc4)cc3)ccc2-c2c(N(c3ccccc3)c3ccc(-c4ccccc4)cc3)cccc21.C[Si]1(C)c2cc(N(c3ccccc3)c3ccc(-c4ccccc4)cc3)ccc2-c2c(N(c3ccccc3)c3ccccc3)cccc21.C[Si]1(C)c2cc(N(c3ccccc3)c3ccccc3)ccc2-c2c(N(c3ccccc3)c3ccccc3)cccc21. The summed E-state index contributed by atoms with van der Waals surface area (Å²) in [5.41, 5.74) is 36.5. The van der Waals surface area contributed by atoms with Crippen molar-refractivity contribution in [3.05, 3.63) is 546 Å². The minimum atomic E-state index is -2.10. The van der Waals surface area contributed by atoms with Crippen molar-refractivity contribution in [1.82, 2.24) is 0 Å². The van der Waals surface area contributed by atoms with Crippen molar-refractivity contribution in [3.8, 4) is 66.8 Å². The van der Waals surface area contributed by atoms with Crippen molar-refractivity contribution in [2.75, 3.05) is 29.4 Å². The van der Waals surface area contributed by atoms with Crippen LogP contribution >= 0.6 is 0 Å². The molecular weight excluding hydrogens is 1750 g/mol. The summed E-state index contributed by atoms with van der Waals surface area (Å²) >= 11 is 0. The largest absolute Gasteiger partial charge is 0.311 e. The van der Waals surface area contributed by atoms with Gasteiger partial charge in [0.2, 0.25) is 0 Å². The third-order valence-corrected chi connectivity index (χ3v) is 38.9. The molecule has 0 radical (unpaired) electrons. The van der Waals surface area contributed by atoms with Crippen LogP contribution < -0.4 is 60.5 Å². The number of para-hydroxylation sites is 9. The molecule has 0 saturated heterocycles. The Bertz CT molecular complexity index is 7820. The van der Waals surface area contributed by atoms with Crippen molar-refractivity contribution >= 4 is 158 Å². The van der Waals surface area contributed by atoms with E-state index in [1.807, 2.05) is 0 Å². The predicted molar refractivity (Wildman–Crippen MR) is 610 cm³/mol. The molecule has 21 aromatic rings. The van der Waals surface area contributed by atoms with Crippen LogP contribution in [0.25, 0.3) is 66.8 Å². The van der Waals surface area contributed by atoms with E-state index in [1.165, 1.54) is 132 Å². The molecule has 141 heavy (non-hydrogen) atoms. The molecule has 0 fully saturated rings. The van der Waals surface area contributed by atoms with Gasteiger partial charge in [-0.15, -0.1) is 0 Å². The fraction of sp³-hybridized carbons (Fsp3) is 0.0455. The smallest absolute Gasteiger partial charge is 0.114 e. The summed E-state index contributed by atoms with van der Waals surface area (Å²) < 4.78 is 0. The molecule has 0 unspecified atom stereocenters. The van der Waals surface area contributed by atoms with Gasteiger partial charge >= 0.3 is 0 Å². The number of benzene rings is 21. The van der Waals surface area contributed by atoms with Crippen molar-refractivity contribution in [3.63, 3.8) is 0 Å². The highest BCUT2D eigenvalue weighted by Gasteiger charge is 2.44. The minimum absolute atomic E-state index is 1.14. The lowest BCUT2D eigenvalue weighted by Crippen LogP contribution is -2.49. The van der Waals surface area contributed by atoms with E-state index in [2.05, 4.69) is 615 Å². The maximum atomic E-state index is 2.51. The zero-order valence-electron chi connectivity index (χ0n) is 80.1. The molecule has 678 valence electrons. The van der Waals surface area contributed by atoms with Crippen LogP contribution in [-0.4, -0.2) is 24.2 Å². The molecule has 21 aromatic carbocycles. The summed E-state index contributed by atoms with van der Waals surface area (Å²) in [5.74, 6) is 0. The van der Waals surface area contributed by atoms with E-state index in [-0.39, 0.29) is 0 Å². The molecule has 0 N–H and O–H groups in total. The summed E-state index contributed by atoms with van der Waals surface area (Å²) in [4.78, 5) is 14.4. The van der Waals surface area contributed by atoms with E-state index in [9.17, 15) is 0 Å². The Kier molecular flexibility index (Phi) is 24.6. The summed E-state index contributed by atoms with van der Waals surface area (Å²) in [6.07, 6.45) is 0. The number of rotatable bonds is 21. The number of hydrogen-bond acceptors (Lipinski definition) is 6. The highest BCUT2D eigenvalue weighted by molar-refractivity contribution is 7.05. The number of anilines is 18. The molecular formula is C132H108N6Si3. The summed E-state index contributed by atoms with van der Waals surface area (Å²) in [7, 11) is -6.14. The van der Waals surface area contributed by atoms with Crippen LogP contribution in [0.2, 0.25) is 39.3 Å². The van der Waals surface area contributed by atoms with Crippen LogP contribution in [0.3, 0.4) is 0 Å². The first-order valence-electron chi connectivity index (χ1n) is 48.9. The van der Waals surface area contributed by atoms with Gasteiger partial charge in [-0.3, -0.25) is 0 Å². The Morgan fingerprint density at radius 1 is 0.121 bits per heavy atom. The average Bonchev–Trinajstić information content (AvgIpc) is 1.57. The molecule has 0 bridgehead atoms. The van der Waals surface area contributed by atoms with Crippen molar-refractivity contribution in [2.45, 2.75) is 39.3 Å². The molecule has 0 atom stereocenters. The van der Waals surface area contributed by atoms with Gasteiger partial charge in [-0.05, 0) is 281 Å². The molecule has 3 heterocycles. The highest BCUT2D eigenvalue weighted by atomic mass is 28.3. The van der Waals surface area contributed by atoms with Gasteiger partial charge in [-0.2, -0.15) is 0 Å². The summed E-state index contributed by atoms with van der Waals surface area (Å²) in [5, 5.41) is 8.87. The molecule has 24 rings (SSSR count). The quantitative estimate of drug-likeness (QED) is 0.0663. The Morgan fingerprint density at radius 3 is 0.475 bits per heavy atom. The molecule has 0 amide bonds. The second-order valence-electron chi connectivity index (χ2n) is 37.9. The van der Waals surface area contributed by atoms with E-state index in [1.54, 1.807) is 0 Å². The van der Waals surface area contributed by atoms with Gasteiger partial charge in [0.05, 0.1) is 17.1 Å². The van der Waals surface area contributed by atoms with E-state index in [4.69, 9.17) is 0 Å². The number of hydrogen-bond donors (Lipinski definition) is 0. The first kappa shape index (κ1) is 89.3. The average molecular weight is 1860 g/mol. The topological polar surface area (TPSA) is 19.4 Å². The van der Waals surface area contributed by atoms with Crippen LogP contribution in [0.4, 0.5) is 102 Å². The van der Waals surface area contributed by atoms with Gasteiger partial charge < -0.3 is 29.4 Å². The minimum Gasteiger partial charge on any atom is -0.311 e. The first-order chi connectivity index (χ1) is 69.3. The van der Waals surface area contributed by atoms with Crippen molar-refractivity contribution < 1.29 is 0 Å². The molecule has 6 nitrogen and oxygen atoms in total. The molecule has 0 saturated carbocycles. The van der Waals surface area contributed by atoms with E-state index < -0.39 is 24.2 Å². The Balaban J connectivity index is 0.000000122. The van der Waals surface area contributed by atoms with Crippen molar-refractivity contribution in [1.29, 1.82) is 0 Å². The third-order valence-electron chi connectivity index (χ3n) is 28.3. The van der Waals surface area contributed by atoms with Crippen LogP contribution in [-0.2, 0) is 0 Å². The lowest BCUT2D eigenvalue weighted by Gasteiger charge is -2.28. The fourth-order valence-corrected chi connectivity index (χ4v) is 30.6. The Hall–Kier alpha value is -16.9. The van der Waals surface area contributed by atoms with Gasteiger partial charge in [0.15, 0.2) is 0 Å². The van der Waals surface area contributed by atoms with Gasteiger partial charge in [0, 0.05) is 102 Å².